The molecule has 104 valence electrons. The molecule has 20 heavy (non-hydrogen) atoms. The van der Waals surface area contributed by atoms with Crippen LogP contribution in [-0.2, 0) is 5.41 Å². The van der Waals surface area contributed by atoms with Gasteiger partial charge in [-0.2, -0.15) is 0 Å². The molecule has 2 nitrogen and oxygen atoms in total. The molecular weight excluding hydrogens is 275 g/mol. The summed E-state index contributed by atoms with van der Waals surface area (Å²) in [4.78, 5) is 0. The number of anilines is 1. The van der Waals surface area contributed by atoms with Gasteiger partial charge in [0, 0.05) is 17.0 Å². The molecule has 0 aromatic heterocycles. The second-order valence-corrected chi connectivity index (χ2v) is 5.83. The molecular formula is C16H16ClFN2. The van der Waals surface area contributed by atoms with Crippen molar-refractivity contribution in [3.8, 4) is 0 Å². The second kappa shape index (κ2) is 5.08. The Balaban J connectivity index is 1.76. The van der Waals surface area contributed by atoms with Gasteiger partial charge in [-0.25, -0.2) is 10.2 Å². The van der Waals surface area contributed by atoms with Gasteiger partial charge in [-0.1, -0.05) is 23.7 Å². The first-order chi connectivity index (χ1) is 9.59. The van der Waals surface area contributed by atoms with Crippen LogP contribution in [0.2, 0.25) is 5.02 Å². The van der Waals surface area contributed by atoms with Gasteiger partial charge >= 0.3 is 0 Å². The lowest BCUT2D eigenvalue weighted by Crippen LogP contribution is -2.38. The molecule has 3 rings (SSSR count). The molecule has 0 saturated heterocycles. The summed E-state index contributed by atoms with van der Waals surface area (Å²) in [5.74, 6) is 5.95. The van der Waals surface area contributed by atoms with E-state index >= 15 is 0 Å². The van der Waals surface area contributed by atoms with Crippen LogP contribution in [0.1, 0.15) is 18.4 Å². The topological polar surface area (TPSA) is 29.3 Å². The van der Waals surface area contributed by atoms with E-state index in [1.165, 1.54) is 12.1 Å². The molecule has 4 heteroatoms. The quantitative estimate of drug-likeness (QED) is 0.684. The molecule has 1 saturated carbocycles. The molecule has 0 unspecified atom stereocenters. The van der Waals surface area contributed by atoms with Gasteiger partial charge in [0.1, 0.15) is 5.82 Å². The van der Waals surface area contributed by atoms with Crippen LogP contribution < -0.4 is 10.9 Å². The molecule has 0 amide bonds. The van der Waals surface area contributed by atoms with Crippen molar-refractivity contribution in [1.29, 1.82) is 0 Å². The minimum Gasteiger partial charge on any atom is -0.310 e. The molecule has 2 aromatic rings. The normalized spacial score (nSPS) is 15.9. The second-order valence-electron chi connectivity index (χ2n) is 5.39. The van der Waals surface area contributed by atoms with E-state index in [2.05, 4.69) is 0 Å². The van der Waals surface area contributed by atoms with Crippen molar-refractivity contribution in [3.05, 3.63) is 64.9 Å². The van der Waals surface area contributed by atoms with Gasteiger partial charge in [0.05, 0.1) is 5.69 Å². The third-order valence-corrected chi connectivity index (χ3v) is 4.19. The number of hydrazine groups is 1. The molecule has 0 spiro atoms. The molecule has 0 radical (unpaired) electrons. The number of nitrogens with zero attached hydrogens (tertiary/aromatic N) is 1. The van der Waals surface area contributed by atoms with Crippen molar-refractivity contribution in [1.82, 2.24) is 0 Å². The van der Waals surface area contributed by atoms with E-state index in [0.29, 0.717) is 5.02 Å². The summed E-state index contributed by atoms with van der Waals surface area (Å²) in [5, 5.41) is 2.44. The fraction of sp³-hybridized carbons (Fsp3) is 0.250. The Morgan fingerprint density at radius 2 is 1.65 bits per heavy atom. The van der Waals surface area contributed by atoms with Gasteiger partial charge in [-0.05, 0) is 54.8 Å². The van der Waals surface area contributed by atoms with Crippen LogP contribution in [-0.4, -0.2) is 6.54 Å². The average Bonchev–Trinajstić information content (AvgIpc) is 3.21. The molecule has 1 aliphatic carbocycles. The lowest BCUT2D eigenvalue weighted by molar-refractivity contribution is 0.619. The Labute approximate surface area is 122 Å². The van der Waals surface area contributed by atoms with Crippen molar-refractivity contribution < 1.29 is 4.39 Å². The predicted octanol–water partition coefficient (Wildman–Crippen LogP) is 3.89. The SMILES string of the molecule is NN(CC1(c2ccc(F)cc2)CC1)c1ccc(Cl)cc1. The van der Waals surface area contributed by atoms with Crippen molar-refractivity contribution in [2.75, 3.05) is 11.6 Å². The number of benzene rings is 2. The molecule has 0 atom stereocenters. The third kappa shape index (κ3) is 2.65. The number of halogens is 2. The molecule has 2 N–H and O–H groups in total. The lowest BCUT2D eigenvalue weighted by atomic mass is 9.95. The summed E-state index contributed by atoms with van der Waals surface area (Å²) in [6.07, 6.45) is 2.17. The molecule has 0 aliphatic heterocycles. The van der Waals surface area contributed by atoms with E-state index in [9.17, 15) is 4.39 Å². The minimum atomic E-state index is -0.202. The van der Waals surface area contributed by atoms with Crippen LogP contribution in [0.3, 0.4) is 0 Å². The van der Waals surface area contributed by atoms with Crippen LogP contribution in [0.4, 0.5) is 10.1 Å². The van der Waals surface area contributed by atoms with Crippen molar-refractivity contribution in [2.24, 2.45) is 5.84 Å². The smallest absolute Gasteiger partial charge is 0.123 e. The highest BCUT2D eigenvalue weighted by atomic mass is 35.5. The highest BCUT2D eigenvalue weighted by Gasteiger charge is 2.45. The molecule has 0 heterocycles. The average molecular weight is 291 g/mol. The van der Waals surface area contributed by atoms with Gasteiger partial charge in [-0.15, -0.1) is 0 Å². The summed E-state index contributed by atoms with van der Waals surface area (Å²) in [6, 6.07) is 14.2. The summed E-state index contributed by atoms with van der Waals surface area (Å²) in [5.41, 5.74) is 2.15. The van der Waals surface area contributed by atoms with Crippen molar-refractivity contribution >= 4 is 17.3 Å². The van der Waals surface area contributed by atoms with Crippen molar-refractivity contribution in [3.63, 3.8) is 0 Å². The number of rotatable bonds is 4. The first-order valence-electron chi connectivity index (χ1n) is 6.63. The molecule has 1 fully saturated rings. The van der Waals surface area contributed by atoms with Crippen molar-refractivity contribution in [2.45, 2.75) is 18.3 Å². The lowest BCUT2D eigenvalue weighted by Gasteiger charge is -2.25. The van der Waals surface area contributed by atoms with Gasteiger partial charge in [-0.3, -0.25) is 0 Å². The Morgan fingerprint density at radius 3 is 2.20 bits per heavy atom. The monoisotopic (exact) mass is 290 g/mol. The van der Waals surface area contributed by atoms with Gasteiger partial charge in [0.2, 0.25) is 0 Å². The number of nitrogens with two attached hydrogens (primary N) is 1. The Morgan fingerprint density at radius 1 is 1.05 bits per heavy atom. The van der Waals surface area contributed by atoms with Crippen LogP contribution in [0.15, 0.2) is 48.5 Å². The first-order valence-corrected chi connectivity index (χ1v) is 7.01. The maximum atomic E-state index is 13.0. The highest BCUT2D eigenvalue weighted by molar-refractivity contribution is 6.30. The molecule has 0 bridgehead atoms. The van der Waals surface area contributed by atoms with E-state index in [1.807, 2.05) is 36.4 Å². The van der Waals surface area contributed by atoms with E-state index in [4.69, 9.17) is 17.4 Å². The summed E-state index contributed by atoms with van der Waals surface area (Å²) in [7, 11) is 0. The van der Waals surface area contributed by atoms with Gasteiger partial charge < -0.3 is 5.01 Å². The predicted molar refractivity (Wildman–Crippen MR) is 80.3 cm³/mol. The van der Waals surface area contributed by atoms with Crippen LogP contribution in [0, 0.1) is 5.82 Å². The zero-order valence-electron chi connectivity index (χ0n) is 11.0. The summed E-state index contributed by atoms with van der Waals surface area (Å²) < 4.78 is 13.0. The Bertz CT molecular complexity index is 591. The number of hydrogen-bond acceptors (Lipinski definition) is 2. The maximum Gasteiger partial charge on any atom is 0.123 e. The Hall–Kier alpha value is -1.58. The van der Waals surface area contributed by atoms with E-state index < -0.39 is 0 Å². The zero-order valence-corrected chi connectivity index (χ0v) is 11.8. The largest absolute Gasteiger partial charge is 0.310 e. The van der Waals surface area contributed by atoms with Crippen LogP contribution >= 0.6 is 11.6 Å². The number of hydrogen-bond donors (Lipinski definition) is 1. The Kier molecular flexibility index (Phi) is 3.40. The maximum absolute atomic E-state index is 13.0. The van der Waals surface area contributed by atoms with E-state index in [-0.39, 0.29) is 11.2 Å². The summed E-state index contributed by atoms with van der Waals surface area (Å²) >= 11 is 5.88. The fourth-order valence-electron chi connectivity index (χ4n) is 2.54. The van der Waals surface area contributed by atoms with Crippen LogP contribution in [0.25, 0.3) is 0 Å². The van der Waals surface area contributed by atoms with E-state index in [1.54, 1.807) is 5.01 Å². The standard InChI is InChI=1S/C16H16ClFN2/c17-13-3-7-15(8-4-13)20(19)11-16(9-10-16)12-1-5-14(18)6-2-12/h1-8H,9-11,19H2. The highest BCUT2D eigenvalue weighted by Crippen LogP contribution is 2.48. The zero-order chi connectivity index (χ0) is 14.2. The summed E-state index contributed by atoms with van der Waals surface area (Å²) in [6.45, 7) is 0.722. The van der Waals surface area contributed by atoms with E-state index in [0.717, 1.165) is 30.6 Å². The fourth-order valence-corrected chi connectivity index (χ4v) is 2.67. The van der Waals surface area contributed by atoms with Gasteiger partial charge in [0.15, 0.2) is 0 Å². The third-order valence-electron chi connectivity index (χ3n) is 3.94. The minimum absolute atomic E-state index is 0.0576. The molecule has 2 aromatic carbocycles. The first kappa shape index (κ1) is 13.4. The molecule has 1 aliphatic rings. The van der Waals surface area contributed by atoms with Crippen LogP contribution in [0.5, 0.6) is 0 Å². The van der Waals surface area contributed by atoms with Gasteiger partial charge in [0.25, 0.3) is 0 Å².